The van der Waals surface area contributed by atoms with Gasteiger partial charge in [0.1, 0.15) is 10.7 Å². The van der Waals surface area contributed by atoms with Crippen LogP contribution in [0.3, 0.4) is 0 Å². The second kappa shape index (κ2) is 5.66. The van der Waals surface area contributed by atoms with Gasteiger partial charge in [-0.2, -0.15) is 0 Å². The molecule has 2 aliphatic rings. The van der Waals surface area contributed by atoms with Gasteiger partial charge in [-0.15, -0.1) is 11.3 Å². The summed E-state index contributed by atoms with van der Waals surface area (Å²) in [5.74, 6) is 0.264. The van der Waals surface area contributed by atoms with Gasteiger partial charge in [0.15, 0.2) is 0 Å². The van der Waals surface area contributed by atoms with E-state index in [9.17, 15) is 9.90 Å². The maximum absolute atomic E-state index is 12.6. The summed E-state index contributed by atoms with van der Waals surface area (Å²) in [6.07, 6.45) is 3.80. The molecule has 0 radical (unpaired) electrons. The standard InChI is InChI=1S/C15H23N3O2S/c1-17(2)9-13-16-12(10-21-13)14(19)18-7-3-4-11(8-18)15(20)5-6-15/h10-11,20H,3-9H2,1-2H3. The van der Waals surface area contributed by atoms with E-state index in [-0.39, 0.29) is 11.8 Å². The smallest absolute Gasteiger partial charge is 0.273 e. The summed E-state index contributed by atoms with van der Waals surface area (Å²) in [4.78, 5) is 20.9. The molecule has 1 saturated carbocycles. The number of likely N-dealkylation sites (tertiary alicyclic amines) is 1. The van der Waals surface area contributed by atoms with Crippen molar-refractivity contribution in [1.82, 2.24) is 14.8 Å². The van der Waals surface area contributed by atoms with E-state index in [4.69, 9.17) is 0 Å². The van der Waals surface area contributed by atoms with Crippen LogP contribution in [0.5, 0.6) is 0 Å². The van der Waals surface area contributed by atoms with Gasteiger partial charge < -0.3 is 14.9 Å². The minimum absolute atomic E-state index is 0.0187. The van der Waals surface area contributed by atoms with Crippen LogP contribution >= 0.6 is 11.3 Å². The monoisotopic (exact) mass is 309 g/mol. The average Bonchev–Trinajstić information content (AvgIpc) is 3.05. The van der Waals surface area contributed by atoms with Gasteiger partial charge in [-0.3, -0.25) is 4.79 Å². The van der Waals surface area contributed by atoms with Crippen molar-refractivity contribution in [1.29, 1.82) is 0 Å². The quantitative estimate of drug-likeness (QED) is 0.917. The summed E-state index contributed by atoms with van der Waals surface area (Å²) in [7, 11) is 3.99. The van der Waals surface area contributed by atoms with Crippen molar-refractivity contribution >= 4 is 17.2 Å². The van der Waals surface area contributed by atoms with Crippen LogP contribution in [-0.2, 0) is 6.54 Å². The SMILES string of the molecule is CN(C)Cc1nc(C(=O)N2CCCC(C3(O)CC3)C2)cs1. The number of hydrogen-bond acceptors (Lipinski definition) is 5. The number of aromatic nitrogens is 1. The van der Waals surface area contributed by atoms with Crippen LogP contribution in [0.4, 0.5) is 0 Å². The molecule has 1 amide bonds. The van der Waals surface area contributed by atoms with Crippen molar-refractivity contribution in [2.45, 2.75) is 37.8 Å². The minimum Gasteiger partial charge on any atom is -0.390 e. The Morgan fingerprint density at radius 3 is 3.00 bits per heavy atom. The molecule has 1 aliphatic heterocycles. The molecule has 2 fully saturated rings. The van der Waals surface area contributed by atoms with Crippen LogP contribution in [0.2, 0.25) is 0 Å². The molecule has 5 nitrogen and oxygen atoms in total. The third-order valence-corrected chi connectivity index (χ3v) is 5.29. The summed E-state index contributed by atoms with van der Waals surface area (Å²) in [6, 6.07) is 0. The molecule has 116 valence electrons. The number of hydrogen-bond donors (Lipinski definition) is 1. The normalized spacial score (nSPS) is 24.4. The second-order valence-corrected chi connectivity index (χ2v) is 7.50. The molecule has 1 aliphatic carbocycles. The zero-order valence-corrected chi connectivity index (χ0v) is 13.5. The Hall–Kier alpha value is -0.980. The Bertz CT molecular complexity index is 525. The van der Waals surface area contributed by atoms with E-state index in [0.717, 1.165) is 43.8 Å². The predicted molar refractivity (Wildman–Crippen MR) is 82.3 cm³/mol. The summed E-state index contributed by atoms with van der Waals surface area (Å²) < 4.78 is 0. The summed E-state index contributed by atoms with van der Waals surface area (Å²) >= 11 is 1.54. The zero-order chi connectivity index (χ0) is 15.0. The van der Waals surface area contributed by atoms with E-state index in [1.54, 1.807) is 0 Å². The van der Waals surface area contributed by atoms with Gasteiger partial charge in [-0.05, 0) is 39.8 Å². The van der Waals surface area contributed by atoms with Crippen LogP contribution in [0, 0.1) is 5.92 Å². The molecular formula is C15H23N3O2S. The molecule has 1 aromatic heterocycles. The van der Waals surface area contributed by atoms with Crippen molar-refractivity contribution in [3.05, 3.63) is 16.1 Å². The number of carbonyl (C=O) groups excluding carboxylic acids is 1. The van der Waals surface area contributed by atoms with Crippen molar-refractivity contribution in [3.63, 3.8) is 0 Å². The number of aliphatic hydroxyl groups is 1. The Morgan fingerprint density at radius 2 is 2.33 bits per heavy atom. The van der Waals surface area contributed by atoms with Gasteiger partial charge >= 0.3 is 0 Å². The Labute approximate surface area is 129 Å². The van der Waals surface area contributed by atoms with E-state index in [2.05, 4.69) is 4.98 Å². The maximum Gasteiger partial charge on any atom is 0.273 e. The van der Waals surface area contributed by atoms with Gasteiger partial charge in [0.25, 0.3) is 5.91 Å². The molecule has 1 aromatic rings. The van der Waals surface area contributed by atoms with E-state index in [1.165, 1.54) is 11.3 Å². The molecule has 0 bridgehead atoms. The molecule has 2 heterocycles. The summed E-state index contributed by atoms with van der Waals surface area (Å²) in [5.41, 5.74) is 0.0668. The fourth-order valence-corrected chi connectivity index (χ4v) is 3.94. The first-order valence-electron chi connectivity index (χ1n) is 7.59. The van der Waals surface area contributed by atoms with Crippen molar-refractivity contribution < 1.29 is 9.90 Å². The van der Waals surface area contributed by atoms with Gasteiger partial charge in [-0.1, -0.05) is 0 Å². The zero-order valence-electron chi connectivity index (χ0n) is 12.7. The van der Waals surface area contributed by atoms with Crippen LogP contribution in [0.25, 0.3) is 0 Å². The average molecular weight is 309 g/mol. The highest BCUT2D eigenvalue weighted by Gasteiger charge is 2.49. The highest BCUT2D eigenvalue weighted by Crippen LogP contribution is 2.45. The van der Waals surface area contributed by atoms with Crippen LogP contribution in [-0.4, -0.2) is 58.6 Å². The molecule has 1 saturated heterocycles. The van der Waals surface area contributed by atoms with Crippen molar-refractivity contribution in [3.8, 4) is 0 Å². The second-order valence-electron chi connectivity index (χ2n) is 6.56. The minimum atomic E-state index is -0.489. The Kier molecular flexibility index (Phi) is 4.03. The van der Waals surface area contributed by atoms with Crippen LogP contribution in [0.1, 0.15) is 41.2 Å². The lowest BCUT2D eigenvalue weighted by atomic mass is 9.90. The number of nitrogens with zero attached hydrogens (tertiary/aromatic N) is 3. The molecule has 0 aromatic carbocycles. The van der Waals surface area contributed by atoms with E-state index in [0.29, 0.717) is 12.2 Å². The maximum atomic E-state index is 12.6. The molecule has 1 unspecified atom stereocenters. The molecule has 3 rings (SSSR count). The predicted octanol–water partition coefficient (Wildman–Crippen LogP) is 1.58. The lowest BCUT2D eigenvalue weighted by molar-refractivity contribution is 0.0279. The Morgan fingerprint density at radius 1 is 1.57 bits per heavy atom. The van der Waals surface area contributed by atoms with Gasteiger partial charge in [0, 0.05) is 30.9 Å². The highest BCUT2D eigenvalue weighted by molar-refractivity contribution is 7.09. The van der Waals surface area contributed by atoms with Gasteiger partial charge in [-0.25, -0.2) is 4.98 Å². The lowest BCUT2D eigenvalue weighted by Crippen LogP contribution is -2.44. The van der Waals surface area contributed by atoms with Gasteiger partial charge in [0.05, 0.1) is 5.60 Å². The van der Waals surface area contributed by atoms with E-state index < -0.39 is 5.60 Å². The van der Waals surface area contributed by atoms with Gasteiger partial charge in [0.2, 0.25) is 0 Å². The third-order valence-electron chi connectivity index (χ3n) is 4.45. The van der Waals surface area contributed by atoms with E-state index >= 15 is 0 Å². The van der Waals surface area contributed by atoms with Crippen LogP contribution < -0.4 is 0 Å². The van der Waals surface area contributed by atoms with Crippen LogP contribution in [0.15, 0.2) is 5.38 Å². The molecular weight excluding hydrogens is 286 g/mol. The molecule has 21 heavy (non-hydrogen) atoms. The first-order valence-corrected chi connectivity index (χ1v) is 8.47. The third kappa shape index (κ3) is 3.27. The number of piperidine rings is 1. The molecule has 1 atom stereocenters. The number of thiazole rings is 1. The van der Waals surface area contributed by atoms with E-state index in [1.807, 2.05) is 29.3 Å². The number of carbonyl (C=O) groups is 1. The molecule has 1 N–H and O–H groups in total. The molecule has 0 spiro atoms. The summed E-state index contributed by atoms with van der Waals surface area (Å²) in [5, 5.41) is 13.1. The fourth-order valence-electron chi connectivity index (χ4n) is 3.05. The first-order chi connectivity index (χ1) is 9.98. The fraction of sp³-hybridized carbons (Fsp3) is 0.733. The first kappa shape index (κ1) is 14.9. The highest BCUT2D eigenvalue weighted by atomic mass is 32.1. The number of rotatable bonds is 4. The largest absolute Gasteiger partial charge is 0.390 e. The topological polar surface area (TPSA) is 56.7 Å². The Balaban J connectivity index is 1.65. The number of amides is 1. The lowest BCUT2D eigenvalue weighted by Gasteiger charge is -2.35. The summed E-state index contributed by atoms with van der Waals surface area (Å²) in [6.45, 7) is 2.22. The van der Waals surface area contributed by atoms with Crippen molar-refractivity contribution in [2.75, 3.05) is 27.2 Å². The molecule has 6 heteroatoms. The van der Waals surface area contributed by atoms with Crippen molar-refractivity contribution in [2.24, 2.45) is 5.92 Å².